The molecule has 0 aromatic heterocycles. The average Bonchev–Trinajstić information content (AvgIpc) is 2.86. The zero-order valence-electron chi connectivity index (χ0n) is 18.3. The van der Waals surface area contributed by atoms with Gasteiger partial charge in [0.25, 0.3) is 0 Å². The summed E-state index contributed by atoms with van der Waals surface area (Å²) in [5.41, 5.74) is 2.95. The molecule has 4 nitrogen and oxygen atoms in total. The zero-order chi connectivity index (χ0) is 23.2. The molecule has 5 heteroatoms. The Kier molecular flexibility index (Phi) is 6.83. The van der Waals surface area contributed by atoms with E-state index in [0.717, 1.165) is 16.3 Å². The van der Waals surface area contributed by atoms with Gasteiger partial charge in [-0.2, -0.15) is 5.26 Å². The highest BCUT2D eigenvalue weighted by Gasteiger charge is 2.11. The number of nitriles is 1. The fraction of sp³-hybridized carbons (Fsp3) is 0.107. The second-order valence-electron chi connectivity index (χ2n) is 7.35. The van der Waals surface area contributed by atoms with Crippen LogP contribution < -0.4 is 14.2 Å². The number of methoxy groups -OCH3 is 2. The molecule has 0 saturated carbocycles. The first-order chi connectivity index (χ1) is 16.1. The van der Waals surface area contributed by atoms with Crippen LogP contribution in [0.5, 0.6) is 17.2 Å². The molecule has 164 valence electrons. The van der Waals surface area contributed by atoms with E-state index in [0.29, 0.717) is 45.6 Å². The van der Waals surface area contributed by atoms with Crippen LogP contribution >= 0.6 is 11.6 Å². The lowest BCUT2D eigenvalue weighted by Gasteiger charge is -2.13. The van der Waals surface area contributed by atoms with Crippen LogP contribution in [0, 0.1) is 11.3 Å². The van der Waals surface area contributed by atoms with Crippen molar-refractivity contribution in [2.75, 3.05) is 14.2 Å². The van der Waals surface area contributed by atoms with Crippen molar-refractivity contribution in [2.24, 2.45) is 0 Å². The molecule has 0 aliphatic rings. The molecule has 0 aliphatic carbocycles. The summed E-state index contributed by atoms with van der Waals surface area (Å²) in [5.74, 6) is 1.79. The summed E-state index contributed by atoms with van der Waals surface area (Å²) in [6, 6.07) is 27.4. The lowest BCUT2D eigenvalue weighted by molar-refractivity contribution is 0.307. The molecule has 0 saturated heterocycles. The van der Waals surface area contributed by atoms with Crippen molar-refractivity contribution in [1.29, 1.82) is 5.26 Å². The molecule has 0 spiro atoms. The summed E-state index contributed by atoms with van der Waals surface area (Å²) in [4.78, 5) is 0. The standard InChI is InChI=1S/C28H22ClNO3/c1-31-27-12-10-20(16-28(27)32-2)23(17-30)14-22-15-24(29)11-13-26(22)33-18-21-8-5-7-19-6-3-4-9-25(19)21/h3-16H,18H2,1-2H3/b23-14+. The van der Waals surface area contributed by atoms with Crippen LogP contribution in [0.4, 0.5) is 0 Å². The van der Waals surface area contributed by atoms with Gasteiger partial charge in [0, 0.05) is 10.6 Å². The quantitative estimate of drug-likeness (QED) is 0.219. The van der Waals surface area contributed by atoms with Crippen molar-refractivity contribution in [2.45, 2.75) is 6.61 Å². The first-order valence-corrected chi connectivity index (χ1v) is 10.7. The fourth-order valence-corrected chi connectivity index (χ4v) is 3.86. The van der Waals surface area contributed by atoms with Gasteiger partial charge in [0.1, 0.15) is 12.4 Å². The third kappa shape index (κ3) is 4.95. The van der Waals surface area contributed by atoms with Gasteiger partial charge < -0.3 is 14.2 Å². The van der Waals surface area contributed by atoms with Crippen molar-refractivity contribution in [3.05, 3.63) is 101 Å². The molecule has 0 unspecified atom stereocenters. The Morgan fingerprint density at radius 3 is 2.42 bits per heavy atom. The average molecular weight is 456 g/mol. The van der Waals surface area contributed by atoms with E-state index < -0.39 is 0 Å². The largest absolute Gasteiger partial charge is 0.493 e. The van der Waals surface area contributed by atoms with Crippen LogP contribution in [0.3, 0.4) is 0 Å². The van der Waals surface area contributed by atoms with Crippen molar-refractivity contribution in [3.63, 3.8) is 0 Å². The highest BCUT2D eigenvalue weighted by Crippen LogP contribution is 2.33. The molecule has 0 atom stereocenters. The van der Waals surface area contributed by atoms with E-state index in [-0.39, 0.29) is 0 Å². The predicted octanol–water partition coefficient (Wildman–Crippen LogP) is 7.15. The summed E-state index contributed by atoms with van der Waals surface area (Å²) < 4.78 is 16.9. The van der Waals surface area contributed by atoms with E-state index in [1.54, 1.807) is 44.6 Å². The topological polar surface area (TPSA) is 51.5 Å². The molecule has 0 aliphatic heterocycles. The molecule has 0 fully saturated rings. The Morgan fingerprint density at radius 1 is 0.879 bits per heavy atom. The Bertz CT molecular complexity index is 1370. The van der Waals surface area contributed by atoms with E-state index in [1.165, 1.54) is 0 Å². The van der Waals surface area contributed by atoms with Crippen molar-refractivity contribution >= 4 is 34.0 Å². The molecule has 0 N–H and O–H groups in total. The van der Waals surface area contributed by atoms with Gasteiger partial charge in [-0.05, 0) is 64.4 Å². The van der Waals surface area contributed by atoms with E-state index in [1.807, 2.05) is 30.3 Å². The molecule has 0 bridgehead atoms. The Morgan fingerprint density at radius 2 is 1.64 bits per heavy atom. The van der Waals surface area contributed by atoms with Gasteiger partial charge >= 0.3 is 0 Å². The summed E-state index contributed by atoms with van der Waals surface area (Å²) in [6.45, 7) is 0.391. The summed E-state index contributed by atoms with van der Waals surface area (Å²) in [5, 5.41) is 12.7. The van der Waals surface area contributed by atoms with Crippen LogP contribution in [-0.4, -0.2) is 14.2 Å². The van der Waals surface area contributed by atoms with Gasteiger partial charge in [-0.15, -0.1) is 0 Å². The maximum Gasteiger partial charge on any atom is 0.161 e. The van der Waals surface area contributed by atoms with E-state index in [9.17, 15) is 5.26 Å². The van der Waals surface area contributed by atoms with Gasteiger partial charge in [-0.1, -0.05) is 54.1 Å². The Hall–Kier alpha value is -3.94. The number of nitrogens with zero attached hydrogens (tertiary/aromatic N) is 1. The molecule has 0 amide bonds. The number of ether oxygens (including phenoxy) is 3. The second-order valence-corrected chi connectivity index (χ2v) is 7.79. The number of fused-ring (bicyclic) bond motifs is 1. The van der Waals surface area contributed by atoms with E-state index in [2.05, 4.69) is 30.3 Å². The van der Waals surface area contributed by atoms with E-state index in [4.69, 9.17) is 25.8 Å². The minimum Gasteiger partial charge on any atom is -0.493 e. The molecule has 4 aromatic rings. The molecule has 4 rings (SSSR count). The highest BCUT2D eigenvalue weighted by molar-refractivity contribution is 6.30. The van der Waals surface area contributed by atoms with Crippen LogP contribution in [0.15, 0.2) is 78.9 Å². The summed E-state index contributed by atoms with van der Waals surface area (Å²) in [7, 11) is 3.14. The maximum absolute atomic E-state index is 9.85. The third-order valence-electron chi connectivity index (χ3n) is 5.35. The van der Waals surface area contributed by atoms with Gasteiger partial charge in [0.15, 0.2) is 11.5 Å². The van der Waals surface area contributed by atoms with Gasteiger partial charge in [0.05, 0.1) is 25.9 Å². The molecule has 0 radical (unpaired) electrons. The molecular weight excluding hydrogens is 434 g/mol. The molecule has 33 heavy (non-hydrogen) atoms. The highest BCUT2D eigenvalue weighted by atomic mass is 35.5. The third-order valence-corrected chi connectivity index (χ3v) is 5.58. The zero-order valence-corrected chi connectivity index (χ0v) is 19.1. The number of halogens is 1. The second kappa shape index (κ2) is 10.1. The Balaban J connectivity index is 1.68. The summed E-state index contributed by atoms with van der Waals surface area (Å²) in [6.07, 6.45) is 1.77. The van der Waals surface area contributed by atoms with E-state index >= 15 is 0 Å². The predicted molar refractivity (Wildman–Crippen MR) is 133 cm³/mol. The van der Waals surface area contributed by atoms with Crippen LogP contribution in [0.1, 0.15) is 16.7 Å². The van der Waals surface area contributed by atoms with Gasteiger partial charge in [-0.3, -0.25) is 0 Å². The normalized spacial score (nSPS) is 11.2. The number of benzene rings is 4. The first kappa shape index (κ1) is 22.3. The van der Waals surface area contributed by atoms with Crippen LogP contribution in [0.25, 0.3) is 22.4 Å². The fourth-order valence-electron chi connectivity index (χ4n) is 3.68. The SMILES string of the molecule is COc1ccc(/C(C#N)=C/c2cc(Cl)ccc2OCc2cccc3ccccc23)cc1OC. The Labute approximate surface area is 198 Å². The van der Waals surface area contributed by atoms with Crippen LogP contribution in [-0.2, 0) is 6.61 Å². The van der Waals surface area contributed by atoms with Crippen LogP contribution in [0.2, 0.25) is 5.02 Å². The first-order valence-electron chi connectivity index (χ1n) is 10.4. The lowest BCUT2D eigenvalue weighted by Crippen LogP contribution is -1.98. The number of hydrogen-bond donors (Lipinski definition) is 0. The smallest absolute Gasteiger partial charge is 0.161 e. The molecule has 4 aromatic carbocycles. The number of hydrogen-bond acceptors (Lipinski definition) is 4. The van der Waals surface area contributed by atoms with Crippen molar-refractivity contribution in [1.82, 2.24) is 0 Å². The van der Waals surface area contributed by atoms with Gasteiger partial charge in [-0.25, -0.2) is 0 Å². The lowest BCUT2D eigenvalue weighted by atomic mass is 10.0. The minimum absolute atomic E-state index is 0.391. The summed E-state index contributed by atoms with van der Waals surface area (Å²) >= 11 is 6.27. The number of allylic oxidation sites excluding steroid dienone is 1. The van der Waals surface area contributed by atoms with Gasteiger partial charge in [0.2, 0.25) is 0 Å². The molecule has 0 heterocycles. The number of rotatable bonds is 7. The minimum atomic E-state index is 0.391. The van der Waals surface area contributed by atoms with Crippen molar-refractivity contribution < 1.29 is 14.2 Å². The monoisotopic (exact) mass is 455 g/mol. The van der Waals surface area contributed by atoms with Crippen molar-refractivity contribution in [3.8, 4) is 23.3 Å². The molecular formula is C28H22ClNO3. The maximum atomic E-state index is 9.85.